The summed E-state index contributed by atoms with van der Waals surface area (Å²) in [5, 5.41) is 4.39. The Kier molecular flexibility index (Phi) is 4.63. The van der Waals surface area contributed by atoms with Gasteiger partial charge in [-0.25, -0.2) is 4.39 Å². The van der Waals surface area contributed by atoms with Gasteiger partial charge in [0.2, 0.25) is 0 Å². The molecule has 4 nitrogen and oxygen atoms in total. The Balaban J connectivity index is 2.14. The van der Waals surface area contributed by atoms with Crippen LogP contribution in [0.25, 0.3) is 0 Å². The lowest BCUT2D eigenvalue weighted by molar-refractivity contribution is 0.381. The van der Waals surface area contributed by atoms with Crippen LogP contribution in [-0.2, 0) is 13.5 Å². The number of hydrogen-bond acceptors (Lipinski definition) is 3. The highest BCUT2D eigenvalue weighted by Gasteiger charge is 2.17. The zero-order valence-electron chi connectivity index (χ0n) is 13.0. The maximum atomic E-state index is 14.2. The van der Waals surface area contributed by atoms with E-state index in [-0.39, 0.29) is 17.6 Å². The van der Waals surface area contributed by atoms with Crippen LogP contribution in [0.4, 0.5) is 4.39 Å². The van der Waals surface area contributed by atoms with Crippen LogP contribution in [0.5, 0.6) is 5.75 Å². The summed E-state index contributed by atoms with van der Waals surface area (Å²) in [5.74, 6) is -0.135. The van der Waals surface area contributed by atoms with Gasteiger partial charge in [0, 0.05) is 24.3 Å². The number of aryl methyl sites for hydroxylation is 2. The zero-order valence-corrected chi connectivity index (χ0v) is 13.0. The number of benzene rings is 1. The number of methoxy groups -OCH3 is 1. The van der Waals surface area contributed by atoms with Crippen molar-refractivity contribution in [1.82, 2.24) is 9.78 Å². The highest BCUT2D eigenvalue weighted by molar-refractivity contribution is 5.33. The van der Waals surface area contributed by atoms with E-state index < -0.39 is 0 Å². The van der Waals surface area contributed by atoms with Crippen molar-refractivity contribution in [3.8, 4) is 5.75 Å². The highest BCUT2D eigenvalue weighted by Crippen LogP contribution is 2.27. The molecule has 2 rings (SSSR count). The Labute approximate surface area is 124 Å². The van der Waals surface area contributed by atoms with E-state index in [1.165, 1.54) is 12.7 Å². The molecular formula is C16H22FN3O. The van der Waals surface area contributed by atoms with Gasteiger partial charge < -0.3 is 10.5 Å². The molecule has 0 amide bonds. The highest BCUT2D eigenvalue weighted by atomic mass is 19.1. The van der Waals surface area contributed by atoms with Gasteiger partial charge in [0.05, 0.1) is 12.8 Å². The van der Waals surface area contributed by atoms with Gasteiger partial charge in [0.25, 0.3) is 0 Å². The third kappa shape index (κ3) is 3.08. The lowest BCUT2D eigenvalue weighted by Gasteiger charge is -2.14. The van der Waals surface area contributed by atoms with Gasteiger partial charge in [-0.15, -0.1) is 0 Å². The van der Waals surface area contributed by atoms with Crippen molar-refractivity contribution in [1.29, 1.82) is 0 Å². The number of rotatable bonds is 5. The average molecular weight is 291 g/mol. The Bertz CT molecular complexity index is 637. The van der Waals surface area contributed by atoms with E-state index in [0.717, 1.165) is 17.8 Å². The maximum absolute atomic E-state index is 14.2. The molecule has 0 saturated carbocycles. The molecule has 0 spiro atoms. The molecule has 21 heavy (non-hydrogen) atoms. The largest absolute Gasteiger partial charge is 0.494 e. The normalized spacial score (nSPS) is 12.5. The number of nitrogens with zero attached hydrogens (tertiary/aromatic N) is 2. The van der Waals surface area contributed by atoms with Gasteiger partial charge in [0.15, 0.2) is 11.6 Å². The molecular weight excluding hydrogens is 269 g/mol. The van der Waals surface area contributed by atoms with Gasteiger partial charge in [-0.05, 0) is 38.3 Å². The van der Waals surface area contributed by atoms with Crippen molar-refractivity contribution in [2.45, 2.75) is 32.7 Å². The number of hydrogen-bond donors (Lipinski definition) is 1. The van der Waals surface area contributed by atoms with Crippen molar-refractivity contribution in [2.75, 3.05) is 7.11 Å². The first-order valence-electron chi connectivity index (χ1n) is 7.02. The van der Waals surface area contributed by atoms with Crippen molar-refractivity contribution >= 4 is 0 Å². The lowest BCUT2D eigenvalue weighted by atomic mass is 9.98. The summed E-state index contributed by atoms with van der Waals surface area (Å²) in [6.07, 6.45) is 1.45. The Morgan fingerprint density at radius 2 is 2.10 bits per heavy atom. The summed E-state index contributed by atoms with van der Waals surface area (Å²) in [4.78, 5) is 0. The van der Waals surface area contributed by atoms with Gasteiger partial charge >= 0.3 is 0 Å². The van der Waals surface area contributed by atoms with Crippen molar-refractivity contribution in [2.24, 2.45) is 12.8 Å². The fourth-order valence-corrected chi connectivity index (χ4v) is 2.61. The van der Waals surface area contributed by atoms with Crippen molar-refractivity contribution in [3.63, 3.8) is 0 Å². The van der Waals surface area contributed by atoms with Gasteiger partial charge in [-0.1, -0.05) is 12.1 Å². The monoisotopic (exact) mass is 291 g/mol. The van der Waals surface area contributed by atoms with Crippen LogP contribution in [0, 0.1) is 19.7 Å². The van der Waals surface area contributed by atoms with Gasteiger partial charge in [-0.3, -0.25) is 4.68 Å². The van der Waals surface area contributed by atoms with Crippen molar-refractivity contribution in [3.05, 3.63) is 46.5 Å². The van der Waals surface area contributed by atoms with E-state index in [1.807, 2.05) is 25.6 Å². The first kappa shape index (κ1) is 15.5. The smallest absolute Gasteiger partial charge is 0.169 e. The third-order valence-electron chi connectivity index (χ3n) is 3.98. The average Bonchev–Trinajstić information content (AvgIpc) is 2.70. The molecule has 0 aliphatic carbocycles. The molecule has 0 aliphatic heterocycles. The second-order valence-electron chi connectivity index (χ2n) is 5.28. The maximum Gasteiger partial charge on any atom is 0.169 e. The molecule has 1 aromatic heterocycles. The molecule has 1 unspecified atom stereocenters. The van der Waals surface area contributed by atoms with E-state index in [0.29, 0.717) is 12.0 Å². The summed E-state index contributed by atoms with van der Waals surface area (Å²) in [7, 11) is 3.38. The molecule has 1 atom stereocenters. The second-order valence-corrected chi connectivity index (χ2v) is 5.28. The summed E-state index contributed by atoms with van der Waals surface area (Å²) >= 11 is 0. The van der Waals surface area contributed by atoms with Crippen LogP contribution in [0.1, 0.15) is 35.0 Å². The van der Waals surface area contributed by atoms with E-state index in [1.54, 1.807) is 18.2 Å². The minimum Gasteiger partial charge on any atom is -0.494 e. The molecule has 0 radical (unpaired) electrons. The number of nitrogens with two attached hydrogens (primary N) is 1. The van der Waals surface area contributed by atoms with E-state index >= 15 is 0 Å². The summed E-state index contributed by atoms with van der Waals surface area (Å²) in [5.41, 5.74) is 9.97. The SMILES string of the molecule is COc1cccc(C(N)CCc2c(C)nn(C)c2C)c1F. The summed E-state index contributed by atoms with van der Waals surface area (Å²) in [6, 6.07) is 4.71. The van der Waals surface area contributed by atoms with E-state index in [4.69, 9.17) is 10.5 Å². The molecule has 2 aromatic rings. The molecule has 2 N–H and O–H groups in total. The van der Waals surface area contributed by atoms with Crippen molar-refractivity contribution < 1.29 is 9.13 Å². The molecule has 114 valence electrons. The molecule has 1 heterocycles. The Morgan fingerprint density at radius 3 is 2.67 bits per heavy atom. The summed E-state index contributed by atoms with van der Waals surface area (Å²) in [6.45, 7) is 4.02. The Hall–Kier alpha value is -1.88. The van der Waals surface area contributed by atoms with Crippen LogP contribution in [-0.4, -0.2) is 16.9 Å². The van der Waals surface area contributed by atoms with Crippen LogP contribution >= 0.6 is 0 Å². The number of halogens is 1. The Morgan fingerprint density at radius 1 is 1.38 bits per heavy atom. The van der Waals surface area contributed by atoms with E-state index in [9.17, 15) is 4.39 Å². The molecule has 1 aromatic carbocycles. The molecule has 0 bridgehead atoms. The fourth-order valence-electron chi connectivity index (χ4n) is 2.61. The molecule has 0 fully saturated rings. The predicted octanol–water partition coefficient (Wildman–Crippen LogP) is 2.82. The third-order valence-corrected chi connectivity index (χ3v) is 3.98. The quantitative estimate of drug-likeness (QED) is 0.921. The minimum atomic E-state index is -0.368. The molecule has 5 heteroatoms. The van der Waals surface area contributed by atoms with Gasteiger partial charge in [-0.2, -0.15) is 5.10 Å². The first-order valence-corrected chi connectivity index (χ1v) is 7.02. The first-order chi connectivity index (χ1) is 9.95. The van der Waals surface area contributed by atoms with Gasteiger partial charge in [0.1, 0.15) is 0 Å². The summed E-state index contributed by atoms with van der Waals surface area (Å²) < 4.78 is 21.0. The number of ether oxygens (including phenoxy) is 1. The fraction of sp³-hybridized carbons (Fsp3) is 0.438. The van der Waals surface area contributed by atoms with Crippen LogP contribution < -0.4 is 10.5 Å². The predicted molar refractivity (Wildman–Crippen MR) is 80.9 cm³/mol. The lowest BCUT2D eigenvalue weighted by Crippen LogP contribution is -2.14. The van der Waals surface area contributed by atoms with Crippen LogP contribution in [0.15, 0.2) is 18.2 Å². The standard InChI is InChI=1S/C16H22FN3O/c1-10-12(11(2)20(3)19-10)8-9-14(18)13-6-5-7-15(21-4)16(13)17/h5-7,14H,8-9,18H2,1-4H3. The number of aromatic nitrogens is 2. The topological polar surface area (TPSA) is 53.1 Å². The van der Waals surface area contributed by atoms with Crippen LogP contribution in [0.2, 0.25) is 0 Å². The van der Waals surface area contributed by atoms with E-state index in [2.05, 4.69) is 5.10 Å². The zero-order chi connectivity index (χ0) is 15.6. The molecule has 0 aliphatic rings. The van der Waals surface area contributed by atoms with Crippen LogP contribution in [0.3, 0.4) is 0 Å². The minimum absolute atomic E-state index is 0.233. The second kappa shape index (κ2) is 6.26. The molecule has 0 saturated heterocycles.